The van der Waals surface area contributed by atoms with Crippen LogP contribution in [0.15, 0.2) is 49.1 Å². The molecule has 4 aliphatic rings. The van der Waals surface area contributed by atoms with Crippen molar-refractivity contribution >= 4 is 45.9 Å². The molecule has 7 heterocycles. The third kappa shape index (κ3) is 6.15. The molecule has 3 N–H and O–H groups in total. The Labute approximate surface area is 293 Å². The Hall–Kier alpha value is -5.02. The van der Waals surface area contributed by atoms with Crippen molar-refractivity contribution in [3.63, 3.8) is 0 Å². The van der Waals surface area contributed by atoms with Crippen molar-refractivity contribution in [3.8, 4) is 16.6 Å². The minimum Gasteiger partial charge on any atom is -0.474 e. The molecular formula is C35H39N11O3S. The summed E-state index contributed by atoms with van der Waals surface area (Å²) in [6.07, 6.45) is 12.7. The number of hydrogen-bond acceptors (Lipinski definition) is 12. The number of amides is 2. The van der Waals surface area contributed by atoms with Crippen LogP contribution in [0.25, 0.3) is 16.3 Å². The Bertz CT molecular complexity index is 1980. The zero-order valence-corrected chi connectivity index (χ0v) is 28.7. The second-order valence-electron chi connectivity index (χ2n) is 13.6. The highest BCUT2D eigenvalue weighted by Crippen LogP contribution is 2.42. The molecule has 0 aromatic carbocycles. The van der Waals surface area contributed by atoms with Gasteiger partial charge in [-0.15, -0.1) is 11.3 Å². The molecule has 15 heteroatoms. The average molecular weight is 694 g/mol. The minimum atomic E-state index is -0.558. The van der Waals surface area contributed by atoms with Crippen LogP contribution in [-0.2, 0) is 16.6 Å². The second-order valence-corrected chi connectivity index (χ2v) is 14.6. The van der Waals surface area contributed by atoms with Gasteiger partial charge in [0, 0.05) is 57.3 Å². The lowest BCUT2D eigenvalue weighted by Gasteiger charge is -2.28. The Kier molecular flexibility index (Phi) is 8.39. The number of likely N-dealkylation sites (tertiary alicyclic amines) is 1. The summed E-state index contributed by atoms with van der Waals surface area (Å²) in [5.41, 5.74) is 8.23. The van der Waals surface area contributed by atoms with E-state index < -0.39 is 5.41 Å². The van der Waals surface area contributed by atoms with E-state index in [4.69, 9.17) is 20.9 Å². The third-order valence-corrected chi connectivity index (χ3v) is 11.3. The van der Waals surface area contributed by atoms with Gasteiger partial charge in [-0.25, -0.2) is 19.9 Å². The van der Waals surface area contributed by atoms with Gasteiger partial charge in [0.1, 0.15) is 29.0 Å². The van der Waals surface area contributed by atoms with Crippen LogP contribution in [0, 0.1) is 10.8 Å². The van der Waals surface area contributed by atoms with Crippen LogP contribution in [0.5, 0.6) is 5.88 Å². The zero-order chi connectivity index (χ0) is 34.4. The Morgan fingerprint density at radius 3 is 2.68 bits per heavy atom. The van der Waals surface area contributed by atoms with Crippen molar-refractivity contribution in [2.75, 3.05) is 49.9 Å². The van der Waals surface area contributed by atoms with Crippen LogP contribution in [-0.4, -0.2) is 102 Å². The minimum absolute atomic E-state index is 0.00984. The Balaban J connectivity index is 0.873. The molecular weight excluding hydrogens is 655 g/mol. The molecule has 1 spiro atoms. The number of anilines is 2. The van der Waals surface area contributed by atoms with Crippen molar-refractivity contribution < 1.29 is 14.3 Å². The number of nitrogens with one attached hydrogen (secondary N) is 1. The lowest BCUT2D eigenvalue weighted by atomic mass is 9.85. The van der Waals surface area contributed by atoms with E-state index in [1.165, 1.54) is 6.42 Å². The molecule has 8 rings (SSSR count). The van der Waals surface area contributed by atoms with Gasteiger partial charge in [0.05, 0.1) is 28.2 Å². The lowest BCUT2D eigenvalue weighted by molar-refractivity contribution is -0.132. The number of aromatic nitrogens is 6. The van der Waals surface area contributed by atoms with Gasteiger partial charge in [0.2, 0.25) is 17.7 Å². The van der Waals surface area contributed by atoms with E-state index in [2.05, 4.69) is 31.0 Å². The number of hydrogen-bond donors (Lipinski definition) is 2. The van der Waals surface area contributed by atoms with Gasteiger partial charge < -0.3 is 15.4 Å². The summed E-state index contributed by atoms with van der Waals surface area (Å²) < 4.78 is 7.52. The number of rotatable bonds is 9. The van der Waals surface area contributed by atoms with Gasteiger partial charge in [0.15, 0.2) is 5.82 Å². The highest BCUT2D eigenvalue weighted by atomic mass is 32.1. The van der Waals surface area contributed by atoms with E-state index in [0.717, 1.165) is 34.7 Å². The number of nitrogens with two attached hydrogens (primary N) is 1. The molecule has 1 aliphatic carbocycles. The summed E-state index contributed by atoms with van der Waals surface area (Å²) in [7, 11) is 1.84. The van der Waals surface area contributed by atoms with Gasteiger partial charge in [-0.2, -0.15) is 5.10 Å². The molecule has 3 aliphatic heterocycles. The Morgan fingerprint density at radius 2 is 1.96 bits per heavy atom. The SMILES string of the molecule is Cn1cnc(-c2cnc(C3=CCN(C(=O)CN4CC[C@]5(CCN(c6ccc(N)c(C(=N)c7ccc(OC8CCC8)nc7)n6)C5=O)C4)CC3)s2)n1. The van der Waals surface area contributed by atoms with E-state index in [0.29, 0.717) is 80.0 Å². The monoisotopic (exact) mass is 693 g/mol. The van der Waals surface area contributed by atoms with Crippen LogP contribution in [0.1, 0.15) is 54.8 Å². The summed E-state index contributed by atoms with van der Waals surface area (Å²) in [5, 5.41) is 14.1. The van der Waals surface area contributed by atoms with E-state index in [-0.39, 0.29) is 30.2 Å². The summed E-state index contributed by atoms with van der Waals surface area (Å²) in [6.45, 7) is 3.18. The predicted octanol–water partition coefficient (Wildman–Crippen LogP) is 3.40. The molecule has 4 aromatic rings. The highest BCUT2D eigenvalue weighted by molar-refractivity contribution is 7.16. The maximum atomic E-state index is 14.0. The third-order valence-electron chi connectivity index (χ3n) is 10.3. The second kappa shape index (κ2) is 13.0. The molecule has 1 atom stereocenters. The van der Waals surface area contributed by atoms with Gasteiger partial charge in [-0.05, 0) is 68.8 Å². The number of aryl methyl sites for hydroxylation is 1. The van der Waals surface area contributed by atoms with Crippen molar-refractivity contribution in [2.45, 2.75) is 44.6 Å². The smallest absolute Gasteiger partial charge is 0.237 e. The lowest BCUT2D eigenvalue weighted by Crippen LogP contribution is -2.43. The van der Waals surface area contributed by atoms with Crippen molar-refractivity contribution in [1.82, 2.24) is 39.5 Å². The molecule has 0 bridgehead atoms. The molecule has 0 unspecified atom stereocenters. The number of thiazole rings is 1. The Morgan fingerprint density at radius 1 is 1.10 bits per heavy atom. The van der Waals surface area contributed by atoms with Crippen LogP contribution in [0.3, 0.4) is 0 Å². The first kappa shape index (κ1) is 32.2. The number of nitrogens with zero attached hydrogens (tertiary/aromatic N) is 9. The van der Waals surface area contributed by atoms with Gasteiger partial charge >= 0.3 is 0 Å². The number of carbonyl (C=O) groups excluding carboxylic acids is 2. The molecule has 4 aromatic heterocycles. The van der Waals surface area contributed by atoms with Crippen molar-refractivity contribution in [2.24, 2.45) is 12.5 Å². The number of nitrogen functional groups attached to an aromatic ring is 1. The van der Waals surface area contributed by atoms with E-state index in [9.17, 15) is 9.59 Å². The number of ether oxygens (including phenoxy) is 1. The first-order chi connectivity index (χ1) is 24.2. The highest BCUT2D eigenvalue weighted by Gasteiger charge is 2.51. The number of carbonyl (C=O) groups is 2. The summed E-state index contributed by atoms with van der Waals surface area (Å²) in [6, 6.07) is 7.01. The normalized spacial score (nSPS) is 21.1. The van der Waals surface area contributed by atoms with E-state index in [1.807, 2.05) is 11.9 Å². The summed E-state index contributed by atoms with van der Waals surface area (Å²) >= 11 is 1.56. The fraction of sp³-hybridized carbons (Fsp3) is 0.429. The fourth-order valence-electron chi connectivity index (χ4n) is 7.07. The standard InChI is InChI=1S/C35H39N11O3S/c1-43-21-40-32(42-43)26-18-39-33(50-26)22-9-13-45(14-10-22)29(47)19-44-15-11-35(20-44)12-16-46(34(35)48)27-7-6-25(36)31(41-27)30(37)23-5-8-28(38-17-23)49-24-3-2-4-24/h5-9,17-18,21,24,37H,2-4,10-16,19-20,36H2,1H3/t35-/m0/s1. The number of pyridine rings is 2. The molecule has 3 fully saturated rings. The van der Waals surface area contributed by atoms with Crippen LogP contribution < -0.4 is 15.4 Å². The van der Waals surface area contributed by atoms with Gasteiger partial charge in [-0.3, -0.25) is 29.5 Å². The molecule has 258 valence electrons. The van der Waals surface area contributed by atoms with Crippen LogP contribution in [0.2, 0.25) is 0 Å². The van der Waals surface area contributed by atoms with Gasteiger partial charge in [-0.1, -0.05) is 6.08 Å². The van der Waals surface area contributed by atoms with Crippen LogP contribution >= 0.6 is 11.3 Å². The largest absolute Gasteiger partial charge is 0.474 e. The maximum absolute atomic E-state index is 14.0. The average Bonchev–Trinajstić information content (AvgIpc) is 3.92. The fourth-order valence-corrected chi connectivity index (χ4v) is 7.99. The molecule has 14 nitrogen and oxygen atoms in total. The maximum Gasteiger partial charge on any atom is 0.237 e. The first-order valence-electron chi connectivity index (χ1n) is 17.1. The quantitative estimate of drug-likeness (QED) is 0.248. The molecule has 50 heavy (non-hydrogen) atoms. The van der Waals surface area contributed by atoms with Crippen molar-refractivity contribution in [1.29, 1.82) is 5.41 Å². The summed E-state index contributed by atoms with van der Waals surface area (Å²) in [4.78, 5) is 51.9. The zero-order valence-electron chi connectivity index (χ0n) is 27.9. The predicted molar refractivity (Wildman–Crippen MR) is 189 cm³/mol. The topological polar surface area (TPSA) is 172 Å². The first-order valence-corrected chi connectivity index (χ1v) is 17.9. The molecule has 1 saturated carbocycles. The van der Waals surface area contributed by atoms with Crippen molar-refractivity contribution in [3.05, 3.63) is 65.3 Å². The van der Waals surface area contributed by atoms with Gasteiger partial charge in [0.25, 0.3) is 0 Å². The van der Waals surface area contributed by atoms with E-state index >= 15 is 0 Å². The van der Waals surface area contributed by atoms with Crippen LogP contribution in [0.4, 0.5) is 11.5 Å². The van der Waals surface area contributed by atoms with E-state index in [1.54, 1.807) is 63.9 Å². The molecule has 2 saturated heterocycles. The summed E-state index contributed by atoms with van der Waals surface area (Å²) in [5.74, 6) is 1.76. The molecule has 0 radical (unpaired) electrons. The molecule has 2 amide bonds.